The summed E-state index contributed by atoms with van der Waals surface area (Å²) in [5.41, 5.74) is 2.02. The number of benzene rings is 1. The van der Waals surface area contributed by atoms with E-state index in [1.807, 2.05) is 20.0 Å². The molecule has 2 heterocycles. The van der Waals surface area contributed by atoms with Crippen LogP contribution in [0.1, 0.15) is 18.2 Å². The Morgan fingerprint density at radius 1 is 1.32 bits per heavy atom. The van der Waals surface area contributed by atoms with E-state index in [1.165, 1.54) is 12.1 Å². The Labute approximate surface area is 161 Å². The van der Waals surface area contributed by atoms with Gasteiger partial charge in [-0.25, -0.2) is 4.39 Å². The minimum atomic E-state index is -0.602. The van der Waals surface area contributed by atoms with Gasteiger partial charge in [-0.2, -0.15) is 5.10 Å². The Hall–Kier alpha value is -3.20. The Morgan fingerprint density at radius 3 is 2.75 bits per heavy atom. The number of β-amino-alcohol motifs (C(OH)–C–C–N with tert-alkyl or cyclic N) is 1. The van der Waals surface area contributed by atoms with Crippen molar-refractivity contribution in [3.8, 4) is 5.75 Å². The fourth-order valence-corrected chi connectivity index (χ4v) is 2.78. The third-order valence-electron chi connectivity index (χ3n) is 4.30. The van der Waals surface area contributed by atoms with Crippen molar-refractivity contribution in [3.05, 3.63) is 53.2 Å². The molecule has 1 aromatic carbocycles. The van der Waals surface area contributed by atoms with Crippen molar-refractivity contribution in [3.63, 3.8) is 0 Å². The molecule has 28 heavy (non-hydrogen) atoms. The van der Waals surface area contributed by atoms with Gasteiger partial charge < -0.3 is 15.2 Å². The van der Waals surface area contributed by atoms with Gasteiger partial charge in [0.05, 0.1) is 18.8 Å². The summed E-state index contributed by atoms with van der Waals surface area (Å²) in [6, 6.07) is 4.18. The van der Waals surface area contributed by atoms with Gasteiger partial charge in [0.15, 0.2) is 11.6 Å². The number of aliphatic hydroxyl groups is 1. The van der Waals surface area contributed by atoms with Crippen LogP contribution in [0.3, 0.4) is 0 Å². The SMILES string of the molecule is CCn1cc(COc2ccc(NC3=CC(=O)N(CCO)C3=O)cc2F)c(C)n1. The van der Waals surface area contributed by atoms with Crippen molar-refractivity contribution in [2.24, 2.45) is 0 Å². The Kier molecular flexibility index (Phi) is 5.74. The number of halogens is 1. The van der Waals surface area contributed by atoms with Gasteiger partial charge in [0.25, 0.3) is 11.8 Å². The third kappa shape index (κ3) is 4.04. The molecule has 0 atom stereocenters. The summed E-state index contributed by atoms with van der Waals surface area (Å²) in [6.45, 7) is 4.35. The second-order valence-corrected chi connectivity index (χ2v) is 6.23. The second-order valence-electron chi connectivity index (χ2n) is 6.23. The van der Waals surface area contributed by atoms with Crippen LogP contribution >= 0.6 is 0 Å². The van der Waals surface area contributed by atoms with Gasteiger partial charge in [0.1, 0.15) is 12.3 Å². The molecule has 0 saturated heterocycles. The quantitative estimate of drug-likeness (QED) is 0.667. The summed E-state index contributed by atoms with van der Waals surface area (Å²) in [5, 5.41) is 16.0. The number of aliphatic hydroxyl groups excluding tert-OH is 1. The maximum absolute atomic E-state index is 14.4. The number of hydrogen-bond acceptors (Lipinski definition) is 6. The highest BCUT2D eigenvalue weighted by atomic mass is 19.1. The van der Waals surface area contributed by atoms with Crippen LogP contribution in [-0.4, -0.2) is 44.8 Å². The topological polar surface area (TPSA) is 96.7 Å². The lowest BCUT2D eigenvalue weighted by atomic mass is 10.2. The number of carbonyl (C=O) groups excluding carboxylic acids is 2. The Balaban J connectivity index is 1.66. The van der Waals surface area contributed by atoms with E-state index in [2.05, 4.69) is 10.4 Å². The van der Waals surface area contributed by atoms with Crippen LogP contribution in [-0.2, 0) is 22.7 Å². The average molecular weight is 388 g/mol. The van der Waals surface area contributed by atoms with Gasteiger partial charge in [-0.1, -0.05) is 0 Å². The molecule has 0 saturated carbocycles. The Morgan fingerprint density at radius 2 is 2.11 bits per heavy atom. The van der Waals surface area contributed by atoms with Gasteiger partial charge in [0, 0.05) is 36.1 Å². The number of carbonyl (C=O) groups is 2. The molecule has 0 bridgehead atoms. The van der Waals surface area contributed by atoms with Gasteiger partial charge >= 0.3 is 0 Å². The second kappa shape index (κ2) is 8.22. The van der Waals surface area contributed by atoms with Crippen molar-refractivity contribution in [1.29, 1.82) is 0 Å². The van der Waals surface area contributed by atoms with Crippen molar-refractivity contribution in [2.45, 2.75) is 27.0 Å². The Bertz CT molecular complexity index is 938. The lowest BCUT2D eigenvalue weighted by Crippen LogP contribution is -2.34. The molecule has 9 heteroatoms. The molecule has 0 radical (unpaired) electrons. The fraction of sp³-hybridized carbons (Fsp3) is 0.316. The van der Waals surface area contributed by atoms with Crippen molar-refractivity contribution in [2.75, 3.05) is 18.5 Å². The molecule has 3 rings (SSSR count). The number of aromatic nitrogens is 2. The van der Waals surface area contributed by atoms with E-state index in [-0.39, 0.29) is 31.2 Å². The molecular formula is C19H21FN4O4. The highest BCUT2D eigenvalue weighted by Gasteiger charge is 2.30. The highest BCUT2D eigenvalue weighted by molar-refractivity contribution is 6.17. The predicted octanol–water partition coefficient (Wildman–Crippen LogP) is 1.59. The van der Waals surface area contributed by atoms with Gasteiger partial charge in [-0.05, 0) is 26.0 Å². The molecule has 0 spiro atoms. The summed E-state index contributed by atoms with van der Waals surface area (Å²) < 4.78 is 21.7. The summed E-state index contributed by atoms with van der Waals surface area (Å²) in [7, 11) is 0. The number of amides is 2. The van der Waals surface area contributed by atoms with Crippen molar-refractivity contribution >= 4 is 17.5 Å². The first kappa shape index (κ1) is 19.6. The number of nitrogens with zero attached hydrogens (tertiary/aromatic N) is 3. The van der Waals surface area contributed by atoms with Gasteiger partial charge in [-0.3, -0.25) is 19.2 Å². The number of hydrogen-bond donors (Lipinski definition) is 2. The number of imide groups is 1. The number of aryl methyl sites for hydroxylation is 2. The van der Waals surface area contributed by atoms with Crippen LogP contribution < -0.4 is 10.1 Å². The number of rotatable bonds is 8. The lowest BCUT2D eigenvalue weighted by Gasteiger charge is -2.14. The van der Waals surface area contributed by atoms with Crippen molar-refractivity contribution < 1.29 is 23.8 Å². The smallest absolute Gasteiger partial charge is 0.277 e. The number of nitrogens with one attached hydrogen (secondary N) is 1. The molecule has 1 aliphatic heterocycles. The zero-order valence-corrected chi connectivity index (χ0v) is 15.6. The molecule has 0 aliphatic carbocycles. The van der Waals surface area contributed by atoms with Crippen LogP contribution in [0, 0.1) is 12.7 Å². The van der Waals surface area contributed by atoms with Crippen LogP contribution in [0.15, 0.2) is 36.2 Å². The zero-order chi connectivity index (χ0) is 20.3. The highest BCUT2D eigenvalue weighted by Crippen LogP contribution is 2.24. The van der Waals surface area contributed by atoms with Crippen LogP contribution in [0.2, 0.25) is 0 Å². The van der Waals surface area contributed by atoms with Gasteiger partial charge in [0.2, 0.25) is 0 Å². The van der Waals surface area contributed by atoms with Crippen molar-refractivity contribution in [1.82, 2.24) is 14.7 Å². The average Bonchev–Trinajstić information content (AvgIpc) is 3.15. The molecule has 148 valence electrons. The first-order chi connectivity index (χ1) is 13.4. The number of anilines is 1. The van der Waals surface area contributed by atoms with Gasteiger partial charge in [-0.15, -0.1) is 0 Å². The van der Waals surface area contributed by atoms with E-state index in [0.29, 0.717) is 5.69 Å². The molecule has 8 nitrogen and oxygen atoms in total. The molecule has 0 unspecified atom stereocenters. The minimum Gasteiger partial charge on any atom is -0.486 e. The lowest BCUT2D eigenvalue weighted by molar-refractivity contribution is -0.137. The first-order valence-corrected chi connectivity index (χ1v) is 8.83. The van der Waals surface area contributed by atoms with E-state index < -0.39 is 17.6 Å². The molecule has 0 fully saturated rings. The molecule has 2 aromatic rings. The summed E-state index contributed by atoms with van der Waals surface area (Å²) in [6.07, 6.45) is 2.98. The van der Waals surface area contributed by atoms with E-state index in [0.717, 1.165) is 28.8 Å². The molecule has 2 amide bonds. The predicted molar refractivity (Wildman–Crippen MR) is 98.9 cm³/mol. The van der Waals surface area contributed by atoms with Crippen LogP contribution in [0.25, 0.3) is 0 Å². The molecule has 1 aliphatic rings. The monoisotopic (exact) mass is 388 g/mol. The largest absolute Gasteiger partial charge is 0.486 e. The van der Waals surface area contributed by atoms with E-state index in [4.69, 9.17) is 9.84 Å². The van der Waals surface area contributed by atoms with Crippen LogP contribution in [0.5, 0.6) is 5.75 Å². The van der Waals surface area contributed by atoms with Crippen LogP contribution in [0.4, 0.5) is 10.1 Å². The number of ether oxygens (including phenoxy) is 1. The summed E-state index contributed by atoms with van der Waals surface area (Å²) in [5.74, 6) is -1.62. The maximum atomic E-state index is 14.4. The standard InChI is InChI=1S/C19H21FN4O4/c1-3-23-10-13(12(2)22-23)11-28-17-5-4-14(8-15(17)20)21-16-9-18(26)24(6-7-25)19(16)27/h4-5,8-10,21,25H,3,6-7,11H2,1-2H3. The zero-order valence-electron chi connectivity index (χ0n) is 15.6. The van der Waals surface area contributed by atoms with E-state index in [1.54, 1.807) is 10.7 Å². The molecular weight excluding hydrogens is 367 g/mol. The van der Waals surface area contributed by atoms with E-state index in [9.17, 15) is 14.0 Å². The summed E-state index contributed by atoms with van der Waals surface area (Å²) in [4.78, 5) is 24.8. The summed E-state index contributed by atoms with van der Waals surface area (Å²) >= 11 is 0. The normalized spacial score (nSPS) is 13.9. The third-order valence-corrected chi connectivity index (χ3v) is 4.30. The van der Waals surface area contributed by atoms with E-state index >= 15 is 0 Å². The molecule has 2 N–H and O–H groups in total. The maximum Gasteiger partial charge on any atom is 0.277 e. The first-order valence-electron chi connectivity index (χ1n) is 8.83. The minimum absolute atomic E-state index is 0.0223. The molecule has 1 aromatic heterocycles. The fourth-order valence-electron chi connectivity index (χ4n) is 2.78.